The average molecular weight is 360 g/mol. The molecule has 0 aliphatic carbocycles. The average Bonchev–Trinajstić information content (AvgIpc) is 2.66. The second-order valence-corrected chi connectivity index (χ2v) is 7.00. The Morgan fingerprint density at radius 3 is 2.63 bits per heavy atom. The minimum atomic E-state index is 0.117. The van der Waals surface area contributed by atoms with Crippen molar-refractivity contribution in [1.29, 1.82) is 0 Å². The zero-order valence-corrected chi connectivity index (χ0v) is 16.2. The maximum atomic E-state index is 4.73. The summed E-state index contributed by atoms with van der Waals surface area (Å²) in [7, 11) is 0. The van der Waals surface area contributed by atoms with Crippen molar-refractivity contribution in [3.8, 4) is 0 Å². The summed E-state index contributed by atoms with van der Waals surface area (Å²) in [6.45, 7) is 12.0. The van der Waals surface area contributed by atoms with Crippen LogP contribution in [0.1, 0.15) is 49.5 Å². The summed E-state index contributed by atoms with van der Waals surface area (Å²) in [5.74, 6) is 1.26. The number of rotatable bonds is 6. The predicted octanol–water partition coefficient (Wildman–Crippen LogP) is 4.17. The number of aliphatic imine (C=N–C) groups is 1. The van der Waals surface area contributed by atoms with Crippen LogP contribution < -0.4 is 0 Å². The van der Waals surface area contributed by atoms with Gasteiger partial charge in [-0.15, -0.1) is 0 Å². The molecule has 27 heavy (non-hydrogen) atoms. The summed E-state index contributed by atoms with van der Waals surface area (Å²) in [4.78, 5) is 26.2. The molecule has 1 unspecified atom stereocenters. The maximum Gasteiger partial charge on any atom is 0.129 e. The molecule has 0 fully saturated rings. The zero-order valence-electron chi connectivity index (χ0n) is 16.2. The van der Waals surface area contributed by atoms with Crippen LogP contribution in [0, 0.1) is 12.8 Å². The van der Waals surface area contributed by atoms with E-state index in [1.54, 1.807) is 12.5 Å². The Morgan fingerprint density at radius 1 is 1.15 bits per heavy atom. The fraction of sp³-hybridized carbons (Fsp3) is 0.333. The van der Waals surface area contributed by atoms with Crippen molar-refractivity contribution < 1.29 is 0 Å². The molecule has 0 aromatic carbocycles. The van der Waals surface area contributed by atoms with Crippen LogP contribution in [0.5, 0.6) is 0 Å². The van der Waals surface area contributed by atoms with Gasteiger partial charge in [0.05, 0.1) is 5.52 Å². The summed E-state index contributed by atoms with van der Waals surface area (Å²) < 4.78 is 0. The summed E-state index contributed by atoms with van der Waals surface area (Å²) >= 11 is 0. The van der Waals surface area contributed by atoms with Crippen LogP contribution in [-0.4, -0.2) is 31.6 Å². The topological polar surface area (TPSA) is 76.8 Å². The number of nitrogens with zero attached hydrogens (tertiary/aromatic N) is 6. The molecule has 0 bridgehead atoms. The number of hydrogen-bond acceptors (Lipinski definition) is 6. The maximum absolute atomic E-state index is 4.73. The van der Waals surface area contributed by atoms with Crippen molar-refractivity contribution in [3.63, 3.8) is 0 Å². The molecular formula is C21H24N6. The third-order valence-corrected chi connectivity index (χ3v) is 4.56. The number of aryl methyl sites for hydroxylation is 1. The van der Waals surface area contributed by atoms with Crippen molar-refractivity contribution in [2.75, 3.05) is 0 Å². The standard InChI is InChI=1S/C21H24N6/c1-13(2)18-8-20-17(10-24-18)11-25-21(27-20)6-14(3)19(22-5)7-16-9-23-12-26-15(16)4/h7-14H,5-6H2,1-4H3/b19-7-. The van der Waals surface area contributed by atoms with Gasteiger partial charge >= 0.3 is 0 Å². The quantitative estimate of drug-likeness (QED) is 0.617. The number of allylic oxidation sites excluding steroid dienone is 1. The van der Waals surface area contributed by atoms with Crippen LogP contribution >= 0.6 is 0 Å². The van der Waals surface area contributed by atoms with Crippen LogP contribution in [0.15, 0.2) is 41.7 Å². The third kappa shape index (κ3) is 4.39. The molecule has 0 saturated heterocycles. The zero-order chi connectivity index (χ0) is 19.4. The lowest BCUT2D eigenvalue weighted by atomic mass is 10.0. The van der Waals surface area contributed by atoms with Gasteiger partial charge in [-0.1, -0.05) is 20.8 Å². The van der Waals surface area contributed by atoms with E-state index in [4.69, 9.17) is 4.98 Å². The van der Waals surface area contributed by atoms with Gasteiger partial charge in [-0.3, -0.25) is 9.98 Å². The minimum Gasteiger partial charge on any atom is -0.269 e. The third-order valence-electron chi connectivity index (χ3n) is 4.56. The molecule has 0 saturated carbocycles. The smallest absolute Gasteiger partial charge is 0.129 e. The Balaban J connectivity index is 1.86. The van der Waals surface area contributed by atoms with Gasteiger partial charge in [-0.05, 0) is 31.7 Å². The lowest BCUT2D eigenvalue weighted by molar-refractivity contribution is 0.649. The van der Waals surface area contributed by atoms with Crippen molar-refractivity contribution in [2.45, 2.75) is 40.0 Å². The highest BCUT2D eigenvalue weighted by Gasteiger charge is 2.13. The molecule has 3 rings (SSSR count). The molecule has 0 radical (unpaired) electrons. The fourth-order valence-electron chi connectivity index (χ4n) is 2.82. The van der Waals surface area contributed by atoms with E-state index in [1.807, 2.05) is 31.5 Å². The van der Waals surface area contributed by atoms with E-state index in [1.165, 1.54) is 0 Å². The first-order valence-electron chi connectivity index (χ1n) is 9.04. The molecule has 138 valence electrons. The van der Waals surface area contributed by atoms with E-state index in [9.17, 15) is 0 Å². The lowest BCUT2D eigenvalue weighted by Crippen LogP contribution is -2.06. The highest BCUT2D eigenvalue weighted by molar-refractivity contribution is 5.76. The van der Waals surface area contributed by atoms with Crippen LogP contribution in [0.2, 0.25) is 0 Å². The second-order valence-electron chi connectivity index (χ2n) is 7.00. The normalized spacial score (nSPS) is 13.1. The first-order valence-corrected chi connectivity index (χ1v) is 9.04. The Kier molecular flexibility index (Phi) is 5.64. The van der Waals surface area contributed by atoms with Crippen molar-refractivity contribution in [3.05, 3.63) is 59.5 Å². The molecule has 3 heterocycles. The summed E-state index contributed by atoms with van der Waals surface area (Å²) in [6, 6.07) is 2.04. The van der Waals surface area contributed by atoms with E-state index >= 15 is 0 Å². The summed E-state index contributed by atoms with van der Waals surface area (Å²) in [5.41, 5.74) is 4.69. The molecular weight excluding hydrogens is 336 g/mol. The van der Waals surface area contributed by atoms with Crippen molar-refractivity contribution in [1.82, 2.24) is 24.9 Å². The highest BCUT2D eigenvalue weighted by atomic mass is 14.9. The van der Waals surface area contributed by atoms with Gasteiger partial charge in [-0.25, -0.2) is 19.9 Å². The predicted molar refractivity (Wildman–Crippen MR) is 109 cm³/mol. The van der Waals surface area contributed by atoms with E-state index in [-0.39, 0.29) is 5.92 Å². The van der Waals surface area contributed by atoms with Gasteiger partial charge in [0.1, 0.15) is 12.2 Å². The Morgan fingerprint density at radius 2 is 1.93 bits per heavy atom. The van der Waals surface area contributed by atoms with Crippen LogP contribution in [0.25, 0.3) is 17.0 Å². The van der Waals surface area contributed by atoms with Crippen LogP contribution in [-0.2, 0) is 6.42 Å². The number of aromatic nitrogens is 5. The molecule has 0 spiro atoms. The van der Waals surface area contributed by atoms with Gasteiger partial charge in [0.15, 0.2) is 0 Å². The molecule has 0 aliphatic rings. The van der Waals surface area contributed by atoms with Gasteiger partial charge < -0.3 is 0 Å². The highest BCUT2D eigenvalue weighted by Crippen LogP contribution is 2.22. The Bertz CT molecular complexity index is 993. The van der Waals surface area contributed by atoms with Crippen molar-refractivity contribution >= 4 is 23.7 Å². The fourth-order valence-corrected chi connectivity index (χ4v) is 2.82. The number of hydrogen-bond donors (Lipinski definition) is 0. The molecule has 0 N–H and O–H groups in total. The molecule has 0 amide bonds. The summed E-state index contributed by atoms with van der Waals surface area (Å²) in [6.07, 6.45) is 9.66. The minimum absolute atomic E-state index is 0.117. The molecule has 3 aromatic heterocycles. The van der Waals surface area contributed by atoms with Gasteiger partial charge in [0, 0.05) is 59.0 Å². The van der Waals surface area contributed by atoms with Crippen LogP contribution in [0.3, 0.4) is 0 Å². The molecule has 6 heteroatoms. The van der Waals surface area contributed by atoms with Gasteiger partial charge in [0.25, 0.3) is 0 Å². The monoisotopic (exact) mass is 360 g/mol. The first-order chi connectivity index (χ1) is 13.0. The van der Waals surface area contributed by atoms with Gasteiger partial charge in [-0.2, -0.15) is 0 Å². The van der Waals surface area contributed by atoms with E-state index in [2.05, 4.69) is 52.4 Å². The molecule has 1 atom stereocenters. The van der Waals surface area contributed by atoms with Crippen LogP contribution in [0.4, 0.5) is 0 Å². The first kappa shape index (κ1) is 18.8. The van der Waals surface area contributed by atoms with E-state index in [0.717, 1.165) is 39.4 Å². The van der Waals surface area contributed by atoms with E-state index < -0.39 is 0 Å². The summed E-state index contributed by atoms with van der Waals surface area (Å²) in [5, 5.41) is 0.950. The SMILES string of the molecule is C=N/C(=C\c1cncnc1C)C(C)Cc1ncc2cnc(C(C)C)cc2n1. The molecule has 3 aromatic rings. The van der Waals surface area contributed by atoms with E-state index in [0.29, 0.717) is 12.3 Å². The molecule has 6 nitrogen and oxygen atoms in total. The Labute approximate surface area is 159 Å². The Hall–Kier alpha value is -3.02. The van der Waals surface area contributed by atoms with Gasteiger partial charge in [0.2, 0.25) is 0 Å². The second kappa shape index (κ2) is 8.12. The number of pyridine rings is 1. The number of fused-ring (bicyclic) bond motifs is 1. The molecule has 0 aliphatic heterocycles. The largest absolute Gasteiger partial charge is 0.269 e. The van der Waals surface area contributed by atoms with Crippen molar-refractivity contribution in [2.24, 2.45) is 10.9 Å². The lowest BCUT2D eigenvalue weighted by Gasteiger charge is -2.12.